The molecule has 202 valence electrons. The smallest absolute Gasteiger partial charge is 0.264 e. The molecule has 0 saturated carbocycles. The molecule has 1 atom stereocenters. The molecule has 3 aromatic carbocycles. The number of hydrogen-bond donors (Lipinski definition) is 1. The van der Waals surface area contributed by atoms with Crippen LogP contribution in [0.25, 0.3) is 0 Å². The van der Waals surface area contributed by atoms with Gasteiger partial charge >= 0.3 is 0 Å². The molecule has 0 aliphatic heterocycles. The van der Waals surface area contributed by atoms with Crippen LogP contribution >= 0.6 is 34.8 Å². The molecule has 0 spiro atoms. The Kier molecular flexibility index (Phi) is 10.1. The van der Waals surface area contributed by atoms with E-state index in [4.69, 9.17) is 34.8 Å². The summed E-state index contributed by atoms with van der Waals surface area (Å²) in [5.74, 6) is -1.02. The number of nitrogens with zero attached hydrogens (tertiary/aromatic N) is 2. The van der Waals surface area contributed by atoms with Crippen molar-refractivity contribution < 1.29 is 18.0 Å². The van der Waals surface area contributed by atoms with E-state index in [1.54, 1.807) is 50.2 Å². The molecule has 0 fully saturated rings. The van der Waals surface area contributed by atoms with Gasteiger partial charge in [-0.3, -0.25) is 13.9 Å². The summed E-state index contributed by atoms with van der Waals surface area (Å²) in [5, 5.41) is 3.45. The van der Waals surface area contributed by atoms with Gasteiger partial charge < -0.3 is 10.2 Å². The van der Waals surface area contributed by atoms with Crippen molar-refractivity contribution in [2.24, 2.45) is 0 Å². The predicted molar refractivity (Wildman–Crippen MR) is 152 cm³/mol. The summed E-state index contributed by atoms with van der Waals surface area (Å²) in [5.41, 5.74) is 1.51. The molecular formula is C27H28Cl3N3O4S. The molecule has 2 amide bonds. The highest BCUT2D eigenvalue weighted by molar-refractivity contribution is 7.92. The van der Waals surface area contributed by atoms with Gasteiger partial charge in [-0.25, -0.2) is 8.42 Å². The van der Waals surface area contributed by atoms with Crippen LogP contribution in [0.15, 0.2) is 71.6 Å². The van der Waals surface area contributed by atoms with E-state index < -0.39 is 28.5 Å². The number of halogens is 3. The van der Waals surface area contributed by atoms with Gasteiger partial charge in [0.05, 0.1) is 15.6 Å². The second kappa shape index (κ2) is 12.8. The molecule has 3 rings (SSSR count). The molecule has 1 unspecified atom stereocenters. The second-order valence-electron chi connectivity index (χ2n) is 8.60. The molecule has 11 heteroatoms. The summed E-state index contributed by atoms with van der Waals surface area (Å²) in [6, 6.07) is 16.6. The van der Waals surface area contributed by atoms with Gasteiger partial charge in [0.25, 0.3) is 10.0 Å². The molecule has 1 N–H and O–H groups in total. The van der Waals surface area contributed by atoms with E-state index in [0.29, 0.717) is 17.1 Å². The number of likely N-dealkylation sites (N-methyl/N-ethyl adjacent to an activating group) is 1. The fourth-order valence-corrected chi connectivity index (χ4v) is 5.80. The van der Waals surface area contributed by atoms with E-state index >= 15 is 0 Å². The minimum absolute atomic E-state index is 0.0154. The van der Waals surface area contributed by atoms with E-state index in [2.05, 4.69) is 5.32 Å². The third-order valence-electron chi connectivity index (χ3n) is 5.88. The fraction of sp³-hybridized carbons (Fsp3) is 0.259. The first-order chi connectivity index (χ1) is 17.9. The molecule has 38 heavy (non-hydrogen) atoms. The number of carbonyl (C=O) groups excluding carboxylic acids is 2. The monoisotopic (exact) mass is 595 g/mol. The summed E-state index contributed by atoms with van der Waals surface area (Å²) in [4.78, 5) is 27.9. The van der Waals surface area contributed by atoms with Crippen LogP contribution in [0, 0.1) is 6.92 Å². The van der Waals surface area contributed by atoms with E-state index in [1.165, 1.54) is 35.2 Å². The summed E-state index contributed by atoms with van der Waals surface area (Å²) in [7, 11) is -4.26. The van der Waals surface area contributed by atoms with Crippen molar-refractivity contribution in [2.75, 3.05) is 17.4 Å². The third kappa shape index (κ3) is 6.99. The predicted octanol–water partition coefficient (Wildman–Crippen LogP) is 5.70. The fourth-order valence-electron chi connectivity index (χ4n) is 3.74. The first-order valence-electron chi connectivity index (χ1n) is 11.8. The maximum absolute atomic E-state index is 13.8. The Bertz CT molecular complexity index is 1420. The maximum atomic E-state index is 13.8. The molecule has 7 nitrogen and oxygen atoms in total. The van der Waals surface area contributed by atoms with Crippen LogP contribution in [0.2, 0.25) is 15.1 Å². The zero-order chi connectivity index (χ0) is 28.0. The average Bonchev–Trinajstić information content (AvgIpc) is 2.88. The van der Waals surface area contributed by atoms with Gasteiger partial charge in [-0.05, 0) is 62.7 Å². The Morgan fingerprint density at radius 2 is 1.61 bits per heavy atom. The maximum Gasteiger partial charge on any atom is 0.264 e. The normalized spacial score (nSPS) is 12.1. The van der Waals surface area contributed by atoms with Crippen molar-refractivity contribution in [2.45, 2.75) is 38.3 Å². The van der Waals surface area contributed by atoms with Crippen LogP contribution < -0.4 is 9.62 Å². The molecule has 0 bridgehead atoms. The quantitative estimate of drug-likeness (QED) is 0.325. The number of aryl methyl sites for hydroxylation is 1. The average molecular weight is 597 g/mol. The Labute approximate surface area is 238 Å². The second-order valence-corrected chi connectivity index (χ2v) is 11.7. The third-order valence-corrected chi connectivity index (χ3v) is 8.58. The van der Waals surface area contributed by atoms with Crippen LogP contribution in [-0.4, -0.2) is 44.3 Å². The van der Waals surface area contributed by atoms with Gasteiger partial charge in [0.1, 0.15) is 12.6 Å². The molecule has 0 aromatic heterocycles. The molecule has 0 radical (unpaired) electrons. The van der Waals surface area contributed by atoms with Crippen molar-refractivity contribution in [3.8, 4) is 0 Å². The lowest BCUT2D eigenvalue weighted by Crippen LogP contribution is -2.51. The standard InChI is InChI=1S/C27H28Cl3N3O4S/c1-4-31-27(35)19(3)32(16-20-7-5-6-8-23(20)29)26(34)17-33(25-15-21(28)11-14-24(25)30)38(36,37)22-12-9-18(2)10-13-22/h5-15,19H,4,16-17H2,1-3H3,(H,31,35). The number of amides is 2. The van der Waals surface area contributed by atoms with Crippen LogP contribution in [0.4, 0.5) is 5.69 Å². The van der Waals surface area contributed by atoms with Crippen molar-refractivity contribution in [1.29, 1.82) is 0 Å². The number of carbonyl (C=O) groups is 2. The van der Waals surface area contributed by atoms with E-state index in [0.717, 1.165) is 9.87 Å². The lowest BCUT2D eigenvalue weighted by Gasteiger charge is -2.32. The Hall–Kier alpha value is -2.78. The zero-order valence-electron chi connectivity index (χ0n) is 21.1. The summed E-state index contributed by atoms with van der Waals surface area (Å²) < 4.78 is 28.6. The highest BCUT2D eigenvalue weighted by Gasteiger charge is 2.33. The first kappa shape index (κ1) is 29.8. The number of benzene rings is 3. The summed E-state index contributed by atoms with van der Waals surface area (Å²) >= 11 is 18.9. The number of hydrogen-bond acceptors (Lipinski definition) is 4. The molecule has 3 aromatic rings. The lowest BCUT2D eigenvalue weighted by molar-refractivity contribution is -0.139. The van der Waals surface area contributed by atoms with Gasteiger partial charge in [0.2, 0.25) is 11.8 Å². The number of sulfonamides is 1. The first-order valence-corrected chi connectivity index (χ1v) is 14.4. The van der Waals surface area contributed by atoms with Crippen LogP contribution in [0.5, 0.6) is 0 Å². The van der Waals surface area contributed by atoms with Crippen molar-refractivity contribution in [1.82, 2.24) is 10.2 Å². The molecule has 0 saturated heterocycles. The van der Waals surface area contributed by atoms with Crippen LogP contribution in [0.1, 0.15) is 25.0 Å². The number of anilines is 1. The minimum Gasteiger partial charge on any atom is -0.355 e. The molecule has 0 aliphatic rings. The van der Waals surface area contributed by atoms with Gasteiger partial charge in [0, 0.05) is 23.1 Å². The number of rotatable bonds is 10. The van der Waals surface area contributed by atoms with Crippen molar-refractivity contribution >= 4 is 62.3 Å². The molecular weight excluding hydrogens is 569 g/mol. The zero-order valence-corrected chi connectivity index (χ0v) is 24.2. The van der Waals surface area contributed by atoms with Crippen LogP contribution in [0.3, 0.4) is 0 Å². The number of nitrogens with one attached hydrogen (secondary N) is 1. The van der Waals surface area contributed by atoms with E-state index in [9.17, 15) is 18.0 Å². The van der Waals surface area contributed by atoms with Gasteiger partial charge in [0.15, 0.2) is 0 Å². The Balaban J connectivity index is 2.09. The van der Waals surface area contributed by atoms with Crippen LogP contribution in [-0.2, 0) is 26.2 Å². The van der Waals surface area contributed by atoms with E-state index in [-0.39, 0.29) is 33.1 Å². The Morgan fingerprint density at radius 1 is 0.947 bits per heavy atom. The lowest BCUT2D eigenvalue weighted by atomic mass is 10.1. The summed E-state index contributed by atoms with van der Waals surface area (Å²) in [6.45, 7) is 4.89. The van der Waals surface area contributed by atoms with Crippen molar-refractivity contribution in [3.05, 3.63) is 92.9 Å². The summed E-state index contributed by atoms with van der Waals surface area (Å²) in [6.07, 6.45) is 0. The van der Waals surface area contributed by atoms with Crippen molar-refractivity contribution in [3.63, 3.8) is 0 Å². The largest absolute Gasteiger partial charge is 0.355 e. The molecule has 0 aliphatic carbocycles. The van der Waals surface area contributed by atoms with Gasteiger partial charge in [-0.2, -0.15) is 0 Å². The van der Waals surface area contributed by atoms with Gasteiger partial charge in [-0.1, -0.05) is 70.7 Å². The highest BCUT2D eigenvalue weighted by atomic mass is 35.5. The van der Waals surface area contributed by atoms with E-state index in [1.807, 2.05) is 6.92 Å². The molecule has 0 heterocycles. The Morgan fingerprint density at radius 3 is 2.24 bits per heavy atom. The SMILES string of the molecule is CCNC(=O)C(C)N(Cc1ccccc1Cl)C(=O)CN(c1cc(Cl)ccc1Cl)S(=O)(=O)c1ccc(C)cc1. The van der Waals surface area contributed by atoms with Gasteiger partial charge in [-0.15, -0.1) is 0 Å². The topological polar surface area (TPSA) is 86.8 Å². The highest BCUT2D eigenvalue weighted by Crippen LogP contribution is 2.33. The minimum atomic E-state index is -4.26.